The number of rotatable bonds is 6. The van der Waals surface area contributed by atoms with E-state index in [0.717, 1.165) is 12.1 Å². The first-order valence-corrected chi connectivity index (χ1v) is 11.9. The van der Waals surface area contributed by atoms with Crippen molar-refractivity contribution < 1.29 is 26.0 Å². The summed E-state index contributed by atoms with van der Waals surface area (Å²) in [5.74, 6) is -2.30. The maximum absolute atomic E-state index is 14.0. The summed E-state index contributed by atoms with van der Waals surface area (Å²) in [6, 6.07) is 12.9. The Morgan fingerprint density at radius 1 is 0.788 bits per heavy atom. The Hall–Kier alpha value is -2.91. The fourth-order valence-corrected chi connectivity index (χ4v) is 5.78. The van der Waals surface area contributed by atoms with Gasteiger partial charge in [0.2, 0.25) is 0 Å². The molecular weight excluding hydrogens is 456 g/mol. The van der Waals surface area contributed by atoms with Crippen molar-refractivity contribution in [3.05, 3.63) is 95.6 Å². The van der Waals surface area contributed by atoms with Crippen molar-refractivity contribution in [2.45, 2.75) is 30.3 Å². The van der Waals surface area contributed by atoms with Gasteiger partial charge in [-0.15, -0.1) is 0 Å². The molecule has 4 nitrogen and oxygen atoms in total. The number of hydrogen-bond acceptors (Lipinski definition) is 3. The van der Waals surface area contributed by atoms with Crippen LogP contribution in [-0.2, 0) is 16.6 Å². The smallest absolute Gasteiger partial charge is 0.264 e. The van der Waals surface area contributed by atoms with Crippen LogP contribution >= 0.6 is 0 Å². The number of benzene rings is 3. The zero-order valence-corrected chi connectivity index (χ0v) is 18.4. The standard InChI is InChI=1S/C24H22F4N2O2S/c25-17-4-8-19(9-5-17)30(33(31,32)21-10-6-18(26)7-11-21)20-12-14-29(15-13-20)16-22-23(27)2-1-3-24(22)28/h1-11,20H,12-16H2. The van der Waals surface area contributed by atoms with Gasteiger partial charge in [-0.2, -0.15) is 0 Å². The molecule has 0 spiro atoms. The minimum Gasteiger partial charge on any atom is -0.299 e. The first-order valence-electron chi connectivity index (χ1n) is 10.5. The van der Waals surface area contributed by atoms with Gasteiger partial charge in [0.15, 0.2) is 0 Å². The van der Waals surface area contributed by atoms with E-state index in [9.17, 15) is 26.0 Å². The van der Waals surface area contributed by atoms with Crippen LogP contribution in [0.3, 0.4) is 0 Å². The van der Waals surface area contributed by atoms with Gasteiger partial charge >= 0.3 is 0 Å². The lowest BCUT2D eigenvalue weighted by Crippen LogP contribution is -2.47. The number of anilines is 1. The summed E-state index contributed by atoms with van der Waals surface area (Å²) >= 11 is 0. The molecule has 0 aromatic heterocycles. The zero-order chi connectivity index (χ0) is 23.6. The van der Waals surface area contributed by atoms with Crippen molar-refractivity contribution in [1.29, 1.82) is 0 Å². The van der Waals surface area contributed by atoms with Crippen molar-refractivity contribution in [3.63, 3.8) is 0 Å². The molecule has 3 aromatic carbocycles. The van der Waals surface area contributed by atoms with E-state index in [1.165, 1.54) is 58.9 Å². The average Bonchev–Trinajstić information content (AvgIpc) is 2.79. The van der Waals surface area contributed by atoms with E-state index in [4.69, 9.17) is 0 Å². The van der Waals surface area contributed by atoms with Crippen LogP contribution in [-0.4, -0.2) is 32.4 Å². The predicted octanol–water partition coefficient (Wildman–Crippen LogP) is 5.10. The van der Waals surface area contributed by atoms with Crippen molar-refractivity contribution in [2.75, 3.05) is 17.4 Å². The van der Waals surface area contributed by atoms with Crippen LogP contribution in [0.1, 0.15) is 18.4 Å². The molecule has 0 radical (unpaired) electrons. The number of likely N-dealkylation sites (tertiary alicyclic amines) is 1. The minimum absolute atomic E-state index is 0.0229. The predicted molar refractivity (Wildman–Crippen MR) is 117 cm³/mol. The monoisotopic (exact) mass is 478 g/mol. The molecule has 1 heterocycles. The van der Waals surface area contributed by atoms with Crippen LogP contribution in [0.25, 0.3) is 0 Å². The summed E-state index contributed by atoms with van der Waals surface area (Å²) in [6.07, 6.45) is 0.793. The highest BCUT2D eigenvalue weighted by atomic mass is 32.2. The third-order valence-corrected chi connectivity index (χ3v) is 7.68. The van der Waals surface area contributed by atoms with Crippen LogP contribution in [0.2, 0.25) is 0 Å². The van der Waals surface area contributed by atoms with Crippen LogP contribution in [0.15, 0.2) is 71.6 Å². The summed E-state index contributed by atoms with van der Waals surface area (Å²) < 4.78 is 83.1. The van der Waals surface area contributed by atoms with Gasteiger partial charge in [-0.1, -0.05) is 6.07 Å². The molecule has 174 valence electrons. The van der Waals surface area contributed by atoms with E-state index in [0.29, 0.717) is 31.6 Å². The lowest BCUT2D eigenvalue weighted by molar-refractivity contribution is 0.202. The molecule has 1 aliphatic heterocycles. The summed E-state index contributed by atoms with van der Waals surface area (Å²) in [7, 11) is -4.07. The van der Waals surface area contributed by atoms with Gasteiger partial charge in [0, 0.05) is 31.2 Å². The van der Waals surface area contributed by atoms with Gasteiger partial charge in [0.1, 0.15) is 23.3 Å². The Labute approximate surface area is 190 Å². The molecule has 4 rings (SSSR count). The molecule has 0 saturated carbocycles. The quantitative estimate of drug-likeness (QED) is 0.463. The number of piperidine rings is 1. The largest absolute Gasteiger partial charge is 0.299 e. The molecule has 1 fully saturated rings. The molecule has 33 heavy (non-hydrogen) atoms. The first kappa shape index (κ1) is 23.3. The van der Waals surface area contributed by atoms with Crippen LogP contribution in [0, 0.1) is 23.3 Å². The number of halogens is 4. The van der Waals surface area contributed by atoms with E-state index >= 15 is 0 Å². The van der Waals surface area contributed by atoms with E-state index in [-0.39, 0.29) is 17.0 Å². The van der Waals surface area contributed by atoms with Gasteiger partial charge in [-0.05, 0) is 73.5 Å². The van der Waals surface area contributed by atoms with E-state index in [1.54, 1.807) is 0 Å². The molecule has 1 aliphatic rings. The summed E-state index contributed by atoms with van der Waals surface area (Å²) in [5, 5.41) is 0. The van der Waals surface area contributed by atoms with Crippen molar-refractivity contribution >= 4 is 15.7 Å². The summed E-state index contributed by atoms with van der Waals surface area (Å²) in [6.45, 7) is 0.899. The number of sulfonamides is 1. The molecule has 3 aromatic rings. The van der Waals surface area contributed by atoms with Crippen molar-refractivity contribution in [2.24, 2.45) is 0 Å². The minimum atomic E-state index is -4.07. The molecule has 9 heteroatoms. The number of hydrogen-bond donors (Lipinski definition) is 0. The van der Waals surface area contributed by atoms with Gasteiger partial charge in [0.25, 0.3) is 10.0 Å². The topological polar surface area (TPSA) is 40.6 Å². The number of nitrogens with zero attached hydrogens (tertiary/aromatic N) is 2. The Kier molecular flexibility index (Phi) is 6.71. The maximum Gasteiger partial charge on any atom is 0.264 e. The Morgan fingerprint density at radius 2 is 1.30 bits per heavy atom. The normalized spacial score (nSPS) is 15.5. The highest BCUT2D eigenvalue weighted by molar-refractivity contribution is 7.92. The van der Waals surface area contributed by atoms with Crippen LogP contribution < -0.4 is 4.31 Å². The third kappa shape index (κ3) is 5.04. The van der Waals surface area contributed by atoms with Crippen LogP contribution in [0.5, 0.6) is 0 Å². The van der Waals surface area contributed by atoms with Crippen LogP contribution in [0.4, 0.5) is 23.2 Å². The molecule has 0 amide bonds. The van der Waals surface area contributed by atoms with Crippen molar-refractivity contribution in [3.8, 4) is 0 Å². The van der Waals surface area contributed by atoms with Gasteiger partial charge in [0.05, 0.1) is 10.6 Å². The second-order valence-corrected chi connectivity index (χ2v) is 9.75. The van der Waals surface area contributed by atoms with E-state index in [1.807, 2.05) is 4.90 Å². The first-order chi connectivity index (χ1) is 15.8. The van der Waals surface area contributed by atoms with Gasteiger partial charge in [-0.25, -0.2) is 26.0 Å². The Bertz CT molecular complexity index is 1190. The fraction of sp³-hybridized carbons (Fsp3) is 0.250. The second-order valence-electron chi connectivity index (χ2n) is 7.94. The third-order valence-electron chi connectivity index (χ3n) is 5.78. The molecule has 0 atom stereocenters. The molecule has 0 unspecified atom stereocenters. The molecule has 0 aliphatic carbocycles. The SMILES string of the molecule is O=S(=O)(c1ccc(F)cc1)N(c1ccc(F)cc1)C1CCN(Cc2c(F)cccc2F)CC1. The Balaban J connectivity index is 1.58. The van der Waals surface area contributed by atoms with E-state index < -0.39 is 39.3 Å². The lowest BCUT2D eigenvalue weighted by atomic mass is 10.0. The summed E-state index contributed by atoms with van der Waals surface area (Å²) in [4.78, 5) is 1.79. The summed E-state index contributed by atoms with van der Waals surface area (Å²) in [5.41, 5.74) is 0.268. The maximum atomic E-state index is 14.0. The Morgan fingerprint density at radius 3 is 1.85 bits per heavy atom. The molecular formula is C24H22F4N2O2S. The molecule has 1 saturated heterocycles. The van der Waals surface area contributed by atoms with Crippen molar-refractivity contribution in [1.82, 2.24) is 4.90 Å². The highest BCUT2D eigenvalue weighted by Gasteiger charge is 2.34. The molecule has 0 bridgehead atoms. The second kappa shape index (κ2) is 9.52. The molecule has 0 N–H and O–H groups in total. The van der Waals surface area contributed by atoms with Gasteiger partial charge in [-0.3, -0.25) is 9.21 Å². The van der Waals surface area contributed by atoms with E-state index in [2.05, 4.69) is 0 Å². The average molecular weight is 479 g/mol. The zero-order valence-electron chi connectivity index (χ0n) is 17.6. The van der Waals surface area contributed by atoms with Gasteiger partial charge < -0.3 is 0 Å². The lowest BCUT2D eigenvalue weighted by Gasteiger charge is -2.39. The highest BCUT2D eigenvalue weighted by Crippen LogP contribution is 2.31. The fourth-order valence-electron chi connectivity index (χ4n) is 4.07.